The minimum atomic E-state index is -1.03. The van der Waals surface area contributed by atoms with Gasteiger partial charge in [-0.15, -0.1) is 0 Å². The molecule has 2 aliphatic carbocycles. The number of nitrogens with one attached hydrogen (secondary N) is 2. The number of carbonyl (C=O) groups is 3. The van der Waals surface area contributed by atoms with Crippen LogP contribution >= 0.6 is 0 Å². The zero-order chi connectivity index (χ0) is 29.5. The number of aliphatic carboxylic acids is 1. The van der Waals surface area contributed by atoms with E-state index in [1.165, 1.54) is 0 Å². The van der Waals surface area contributed by atoms with Crippen LogP contribution in [0, 0.1) is 11.8 Å². The predicted octanol–water partition coefficient (Wildman–Crippen LogP) is 5.51. The van der Waals surface area contributed by atoms with E-state index in [-0.39, 0.29) is 31.6 Å². The highest BCUT2D eigenvalue weighted by atomic mass is 16.5. The number of ether oxygens (including phenoxy) is 2. The zero-order valence-electron chi connectivity index (χ0n) is 23.8. The number of carbonyl (C=O) groups excluding carboxylic acids is 2. The maximum absolute atomic E-state index is 13.4. The summed E-state index contributed by atoms with van der Waals surface area (Å²) in [6.07, 6.45) is 1.76. The van der Waals surface area contributed by atoms with Crippen LogP contribution in [0.3, 0.4) is 0 Å². The molecule has 2 aliphatic rings. The summed E-state index contributed by atoms with van der Waals surface area (Å²) in [7, 11) is 0. The van der Waals surface area contributed by atoms with Crippen molar-refractivity contribution in [3.05, 3.63) is 95.6 Å². The van der Waals surface area contributed by atoms with E-state index in [1.807, 2.05) is 66.7 Å². The minimum Gasteiger partial charge on any atom is -0.481 e. The summed E-state index contributed by atoms with van der Waals surface area (Å²) in [5, 5.41) is 15.3. The summed E-state index contributed by atoms with van der Waals surface area (Å²) in [5.41, 5.74) is 5.40. The lowest BCUT2D eigenvalue weighted by Gasteiger charge is -2.30. The van der Waals surface area contributed by atoms with E-state index in [9.17, 15) is 19.5 Å². The quantitative estimate of drug-likeness (QED) is 0.280. The number of hydrogen-bond acceptors (Lipinski definition) is 5. The van der Waals surface area contributed by atoms with E-state index in [1.54, 1.807) is 6.92 Å². The molecule has 0 radical (unpaired) electrons. The first-order valence-corrected chi connectivity index (χ1v) is 14.7. The van der Waals surface area contributed by atoms with Crippen LogP contribution in [-0.4, -0.2) is 48.4 Å². The van der Waals surface area contributed by atoms with Gasteiger partial charge in [-0.25, -0.2) is 4.79 Å². The number of benzene rings is 3. The lowest BCUT2D eigenvalue weighted by molar-refractivity contribution is -0.145. The van der Waals surface area contributed by atoms with Crippen molar-refractivity contribution in [3.63, 3.8) is 0 Å². The molecule has 0 bridgehead atoms. The van der Waals surface area contributed by atoms with Crippen molar-refractivity contribution in [2.24, 2.45) is 11.8 Å². The molecule has 3 N–H and O–H groups in total. The average Bonchev–Trinajstić information content (AvgIpc) is 3.34. The molecule has 220 valence electrons. The summed E-state index contributed by atoms with van der Waals surface area (Å²) >= 11 is 0. The third kappa shape index (κ3) is 6.82. The fraction of sp³-hybridized carbons (Fsp3) is 0.382. The molecule has 3 aromatic rings. The normalized spacial score (nSPS) is 19.2. The van der Waals surface area contributed by atoms with Gasteiger partial charge in [-0.05, 0) is 53.5 Å². The van der Waals surface area contributed by atoms with E-state index in [0.717, 1.165) is 47.1 Å². The maximum atomic E-state index is 13.4. The van der Waals surface area contributed by atoms with Gasteiger partial charge >= 0.3 is 12.1 Å². The minimum absolute atomic E-state index is 0.110. The Morgan fingerprint density at radius 1 is 0.881 bits per heavy atom. The highest BCUT2D eigenvalue weighted by Gasteiger charge is 2.34. The van der Waals surface area contributed by atoms with Crippen LogP contribution in [0.25, 0.3) is 11.1 Å². The molecule has 8 nitrogen and oxygen atoms in total. The van der Waals surface area contributed by atoms with Crippen LogP contribution in [-0.2, 0) is 25.7 Å². The topological polar surface area (TPSA) is 114 Å². The lowest BCUT2D eigenvalue weighted by atomic mass is 9.79. The Morgan fingerprint density at radius 2 is 1.50 bits per heavy atom. The highest BCUT2D eigenvalue weighted by molar-refractivity contribution is 5.86. The third-order valence-electron chi connectivity index (χ3n) is 8.49. The molecule has 2 amide bonds. The third-order valence-corrected chi connectivity index (χ3v) is 8.49. The van der Waals surface area contributed by atoms with Gasteiger partial charge in [-0.2, -0.15) is 0 Å². The summed E-state index contributed by atoms with van der Waals surface area (Å²) in [4.78, 5) is 38.3. The fourth-order valence-electron chi connectivity index (χ4n) is 6.18. The molecule has 42 heavy (non-hydrogen) atoms. The molecule has 1 saturated carbocycles. The second kappa shape index (κ2) is 13.7. The molecule has 8 heteroatoms. The van der Waals surface area contributed by atoms with Crippen molar-refractivity contribution in [2.45, 2.75) is 57.3 Å². The van der Waals surface area contributed by atoms with Gasteiger partial charge in [0.2, 0.25) is 5.91 Å². The molecule has 0 aliphatic heterocycles. The maximum Gasteiger partial charge on any atom is 0.407 e. The molecule has 5 rings (SSSR count). The van der Waals surface area contributed by atoms with Gasteiger partial charge in [0, 0.05) is 12.5 Å². The number of rotatable bonds is 11. The van der Waals surface area contributed by atoms with Gasteiger partial charge in [0.15, 0.2) is 0 Å². The van der Waals surface area contributed by atoms with Crippen LogP contribution < -0.4 is 10.6 Å². The largest absolute Gasteiger partial charge is 0.481 e. The molecule has 4 atom stereocenters. The number of amides is 2. The Morgan fingerprint density at radius 3 is 2.17 bits per heavy atom. The van der Waals surface area contributed by atoms with Gasteiger partial charge in [-0.1, -0.05) is 91.7 Å². The molecule has 0 aromatic heterocycles. The Hall–Kier alpha value is -4.17. The Bertz CT molecular complexity index is 1350. The van der Waals surface area contributed by atoms with E-state index >= 15 is 0 Å². The van der Waals surface area contributed by atoms with Crippen LogP contribution in [0.15, 0.2) is 78.9 Å². The molecular formula is C34H38N2O6. The Kier molecular flexibility index (Phi) is 9.54. The first-order chi connectivity index (χ1) is 20.4. The van der Waals surface area contributed by atoms with E-state index in [2.05, 4.69) is 22.8 Å². The molecule has 1 fully saturated rings. The van der Waals surface area contributed by atoms with Crippen LogP contribution in [0.4, 0.5) is 4.79 Å². The summed E-state index contributed by atoms with van der Waals surface area (Å²) < 4.78 is 11.7. The number of hydrogen-bond donors (Lipinski definition) is 3. The second-order valence-corrected chi connectivity index (χ2v) is 11.2. The second-order valence-electron chi connectivity index (χ2n) is 11.2. The van der Waals surface area contributed by atoms with Crippen molar-refractivity contribution in [1.29, 1.82) is 0 Å². The van der Waals surface area contributed by atoms with Crippen LogP contribution in [0.1, 0.15) is 55.2 Å². The molecule has 0 heterocycles. The van der Waals surface area contributed by atoms with Gasteiger partial charge in [-0.3, -0.25) is 9.59 Å². The average molecular weight is 571 g/mol. The van der Waals surface area contributed by atoms with E-state index in [4.69, 9.17) is 9.47 Å². The molecular weight excluding hydrogens is 532 g/mol. The van der Waals surface area contributed by atoms with Gasteiger partial charge in [0.25, 0.3) is 0 Å². The van der Waals surface area contributed by atoms with E-state index in [0.29, 0.717) is 6.42 Å². The monoisotopic (exact) mass is 570 g/mol. The number of carboxylic acids is 1. The summed E-state index contributed by atoms with van der Waals surface area (Å²) in [5.74, 6) is -2.02. The van der Waals surface area contributed by atoms with Gasteiger partial charge in [0.05, 0.1) is 18.6 Å². The molecule has 0 spiro atoms. The first kappa shape index (κ1) is 29.3. The Balaban J connectivity index is 1.25. The van der Waals surface area contributed by atoms with Crippen LogP contribution in [0.5, 0.6) is 0 Å². The standard InChI is InChI=1S/C34H38N2O6/c1-22(41-20-23-11-3-2-4-12-23)31(32(37)35-19-24-13-5-6-14-25(24)33(38)39)36-34(40)42-21-30-28-17-9-7-15-26(28)27-16-8-10-18-29(27)30/h2-4,7-12,15-18,22,24-25,30-31H,5-6,13-14,19-21H2,1H3,(H,35,37)(H,36,40)(H,38,39)/t22-,24?,25?,31+/m0/s1. The van der Waals surface area contributed by atoms with Gasteiger partial charge in [0.1, 0.15) is 12.6 Å². The molecule has 0 saturated heterocycles. The van der Waals surface area contributed by atoms with Crippen LogP contribution in [0.2, 0.25) is 0 Å². The fourth-order valence-corrected chi connectivity index (χ4v) is 6.18. The molecule has 2 unspecified atom stereocenters. The zero-order valence-corrected chi connectivity index (χ0v) is 23.8. The first-order valence-electron chi connectivity index (χ1n) is 14.7. The van der Waals surface area contributed by atoms with Crippen molar-refractivity contribution in [2.75, 3.05) is 13.2 Å². The summed E-state index contributed by atoms with van der Waals surface area (Å²) in [6.45, 7) is 2.35. The van der Waals surface area contributed by atoms with Crippen molar-refractivity contribution >= 4 is 18.0 Å². The number of alkyl carbamates (subject to hydrolysis) is 1. The van der Waals surface area contributed by atoms with Crippen molar-refractivity contribution < 1.29 is 29.0 Å². The number of fused-ring (bicyclic) bond motifs is 3. The SMILES string of the molecule is C[C@H](OCc1ccccc1)[C@@H](NC(=O)OCC1c2ccccc2-c2ccccc21)C(=O)NCC1CCCCC1C(=O)O. The Labute approximate surface area is 246 Å². The highest BCUT2D eigenvalue weighted by Crippen LogP contribution is 2.44. The number of carboxylic acid groups (broad SMARTS) is 1. The van der Waals surface area contributed by atoms with Crippen molar-refractivity contribution in [1.82, 2.24) is 10.6 Å². The van der Waals surface area contributed by atoms with Gasteiger partial charge < -0.3 is 25.2 Å². The molecule has 3 aromatic carbocycles. The van der Waals surface area contributed by atoms with E-state index < -0.39 is 36.0 Å². The predicted molar refractivity (Wildman–Crippen MR) is 159 cm³/mol. The smallest absolute Gasteiger partial charge is 0.407 e. The summed E-state index contributed by atoms with van der Waals surface area (Å²) in [6, 6.07) is 24.7. The lowest BCUT2D eigenvalue weighted by Crippen LogP contribution is -2.54. The van der Waals surface area contributed by atoms with Crippen molar-refractivity contribution in [3.8, 4) is 11.1 Å².